The summed E-state index contributed by atoms with van der Waals surface area (Å²) >= 11 is 0. The van der Waals surface area contributed by atoms with Gasteiger partial charge in [-0.05, 0) is 66.9 Å². The van der Waals surface area contributed by atoms with Crippen molar-refractivity contribution in [2.45, 2.75) is 12.8 Å². The van der Waals surface area contributed by atoms with Crippen LogP contribution in [-0.4, -0.2) is 67.6 Å². The lowest BCUT2D eigenvalue weighted by atomic mass is 10.1. The number of rotatable bonds is 9. The average Bonchev–Trinajstić information content (AvgIpc) is 3.78. The molecule has 2 aliphatic rings. The summed E-state index contributed by atoms with van der Waals surface area (Å²) in [5.41, 5.74) is 3.96. The molecule has 0 radical (unpaired) electrons. The Morgan fingerprint density at radius 2 is 1.73 bits per heavy atom. The second kappa shape index (κ2) is 13.8. The lowest BCUT2D eigenvalue weighted by molar-refractivity contribution is -0.117. The molecule has 1 amide bonds. The molecule has 1 aliphatic carbocycles. The second-order valence-electron chi connectivity index (χ2n) is 9.85. The fourth-order valence-corrected chi connectivity index (χ4v) is 4.34. The Hall–Kier alpha value is -4.14. The van der Waals surface area contributed by atoms with Gasteiger partial charge in [0.25, 0.3) is 0 Å². The number of aromatic amines is 1. The fourth-order valence-electron chi connectivity index (χ4n) is 4.34. The van der Waals surface area contributed by atoms with E-state index in [1.54, 1.807) is 7.11 Å². The molecule has 40 heavy (non-hydrogen) atoms. The summed E-state index contributed by atoms with van der Waals surface area (Å²) in [5.74, 6) is 2.09. The van der Waals surface area contributed by atoms with E-state index in [0.717, 1.165) is 85.0 Å². The number of anilines is 1. The number of fused-ring (bicyclic) bond motifs is 1. The molecule has 6 rings (SSSR count). The van der Waals surface area contributed by atoms with Crippen molar-refractivity contribution in [3.05, 3.63) is 84.1 Å². The van der Waals surface area contributed by atoms with Crippen LogP contribution in [-0.2, 0) is 9.53 Å². The molecule has 8 heteroatoms. The summed E-state index contributed by atoms with van der Waals surface area (Å²) in [6.45, 7) is 5.29. The molecule has 0 unspecified atom stereocenters. The van der Waals surface area contributed by atoms with Crippen molar-refractivity contribution in [3.63, 3.8) is 0 Å². The minimum atomic E-state index is 0.134. The maximum absolute atomic E-state index is 11.4. The Morgan fingerprint density at radius 1 is 1.00 bits per heavy atom. The van der Waals surface area contributed by atoms with Crippen molar-refractivity contribution in [3.8, 4) is 11.5 Å². The molecule has 0 spiro atoms. The number of para-hydroxylation sites is 1. The van der Waals surface area contributed by atoms with Crippen LogP contribution in [0.15, 0.2) is 72.8 Å². The van der Waals surface area contributed by atoms with Gasteiger partial charge < -0.3 is 19.5 Å². The maximum atomic E-state index is 11.4. The minimum Gasteiger partial charge on any atom is -0.497 e. The number of carbonyl (C=O) groups is 1. The zero-order valence-corrected chi connectivity index (χ0v) is 22.8. The number of amides is 1. The molecule has 1 saturated heterocycles. The molecule has 1 saturated carbocycles. The molecule has 2 N–H and O–H groups in total. The van der Waals surface area contributed by atoms with Crippen LogP contribution in [0, 0.1) is 5.92 Å². The highest BCUT2D eigenvalue weighted by atomic mass is 16.5. The van der Waals surface area contributed by atoms with Gasteiger partial charge in [-0.1, -0.05) is 36.4 Å². The predicted octanol–water partition coefficient (Wildman–Crippen LogP) is 5.49. The highest BCUT2D eigenvalue weighted by Crippen LogP contribution is 2.30. The first-order valence-electron chi connectivity index (χ1n) is 13.8. The first kappa shape index (κ1) is 27.4. The molecule has 208 valence electrons. The molecular formula is C32H36N4O4. The zero-order valence-electron chi connectivity index (χ0n) is 22.8. The monoisotopic (exact) mass is 540 g/mol. The first-order valence-corrected chi connectivity index (χ1v) is 13.8. The summed E-state index contributed by atoms with van der Waals surface area (Å²) < 4.78 is 16.2. The SMILES string of the molecule is C(=C\c1n[nH]c2ccccc12)/c1ccc(OCCN2CCOCC2)cc1.COc1ccc(NC(=O)C2CC2)cc1. The number of hydrogen-bond acceptors (Lipinski definition) is 6. The van der Waals surface area contributed by atoms with E-state index >= 15 is 0 Å². The van der Waals surface area contributed by atoms with Crippen molar-refractivity contribution in [1.29, 1.82) is 0 Å². The van der Waals surface area contributed by atoms with Crippen molar-refractivity contribution in [2.24, 2.45) is 5.92 Å². The third-order valence-electron chi connectivity index (χ3n) is 6.90. The van der Waals surface area contributed by atoms with E-state index in [0.29, 0.717) is 6.61 Å². The van der Waals surface area contributed by atoms with E-state index in [1.165, 1.54) is 0 Å². The number of morpholine rings is 1. The second-order valence-corrected chi connectivity index (χ2v) is 9.85. The number of benzene rings is 3. The Balaban J connectivity index is 0.000000194. The lowest BCUT2D eigenvalue weighted by Gasteiger charge is -2.26. The molecule has 2 heterocycles. The third kappa shape index (κ3) is 7.94. The average molecular weight is 541 g/mol. The van der Waals surface area contributed by atoms with Crippen LogP contribution in [0.1, 0.15) is 24.1 Å². The van der Waals surface area contributed by atoms with Crippen LogP contribution in [0.4, 0.5) is 5.69 Å². The number of nitrogens with zero attached hydrogens (tertiary/aromatic N) is 2. The predicted molar refractivity (Wildman–Crippen MR) is 159 cm³/mol. The summed E-state index contributed by atoms with van der Waals surface area (Å²) in [6, 6.07) is 23.7. The minimum absolute atomic E-state index is 0.134. The largest absolute Gasteiger partial charge is 0.497 e. The number of methoxy groups -OCH3 is 1. The normalized spacial score (nSPS) is 15.4. The van der Waals surface area contributed by atoms with Crippen LogP contribution in [0.5, 0.6) is 11.5 Å². The molecule has 3 aromatic carbocycles. The van der Waals surface area contributed by atoms with E-state index in [-0.39, 0.29) is 11.8 Å². The van der Waals surface area contributed by atoms with Crippen LogP contribution >= 0.6 is 0 Å². The molecule has 0 atom stereocenters. The zero-order chi connectivity index (χ0) is 27.6. The van der Waals surface area contributed by atoms with Crippen LogP contribution in [0.2, 0.25) is 0 Å². The van der Waals surface area contributed by atoms with Gasteiger partial charge in [-0.3, -0.25) is 14.8 Å². The molecular weight excluding hydrogens is 504 g/mol. The quantitative estimate of drug-likeness (QED) is 0.292. The summed E-state index contributed by atoms with van der Waals surface area (Å²) in [6.07, 6.45) is 6.16. The van der Waals surface area contributed by atoms with Gasteiger partial charge in [0.1, 0.15) is 18.1 Å². The number of aromatic nitrogens is 2. The molecule has 8 nitrogen and oxygen atoms in total. The highest BCUT2D eigenvalue weighted by molar-refractivity contribution is 5.94. The lowest BCUT2D eigenvalue weighted by Crippen LogP contribution is -2.38. The highest BCUT2D eigenvalue weighted by Gasteiger charge is 2.29. The Bertz CT molecular complexity index is 1390. The molecule has 0 bridgehead atoms. The topological polar surface area (TPSA) is 88.7 Å². The number of carbonyl (C=O) groups excluding carboxylic acids is 1. The number of nitrogens with one attached hydrogen (secondary N) is 2. The van der Waals surface area contributed by atoms with Gasteiger partial charge in [-0.15, -0.1) is 0 Å². The summed E-state index contributed by atoms with van der Waals surface area (Å²) in [7, 11) is 1.62. The van der Waals surface area contributed by atoms with Crippen molar-refractivity contribution in [1.82, 2.24) is 15.1 Å². The van der Waals surface area contributed by atoms with E-state index in [1.807, 2.05) is 60.7 Å². The van der Waals surface area contributed by atoms with Gasteiger partial charge >= 0.3 is 0 Å². The molecule has 2 fully saturated rings. The maximum Gasteiger partial charge on any atom is 0.227 e. The van der Waals surface area contributed by atoms with Crippen LogP contribution < -0.4 is 14.8 Å². The van der Waals surface area contributed by atoms with Crippen molar-refractivity contribution in [2.75, 3.05) is 51.9 Å². The van der Waals surface area contributed by atoms with Crippen LogP contribution in [0.25, 0.3) is 23.1 Å². The van der Waals surface area contributed by atoms with Gasteiger partial charge in [-0.25, -0.2) is 0 Å². The van der Waals surface area contributed by atoms with Gasteiger partial charge in [0.2, 0.25) is 5.91 Å². The Labute approximate surface area is 234 Å². The van der Waals surface area contributed by atoms with E-state index < -0.39 is 0 Å². The van der Waals surface area contributed by atoms with Gasteiger partial charge in [0, 0.05) is 36.6 Å². The van der Waals surface area contributed by atoms with Gasteiger partial charge in [-0.2, -0.15) is 5.10 Å². The smallest absolute Gasteiger partial charge is 0.227 e. The fraction of sp³-hybridized carbons (Fsp3) is 0.312. The van der Waals surface area contributed by atoms with Gasteiger partial charge in [0.05, 0.1) is 31.5 Å². The van der Waals surface area contributed by atoms with E-state index in [9.17, 15) is 4.79 Å². The number of H-pyrrole nitrogens is 1. The van der Waals surface area contributed by atoms with E-state index in [4.69, 9.17) is 14.2 Å². The van der Waals surface area contributed by atoms with Crippen LogP contribution in [0.3, 0.4) is 0 Å². The summed E-state index contributed by atoms with van der Waals surface area (Å²) in [5, 5.41) is 11.4. The van der Waals surface area contributed by atoms with Gasteiger partial charge in [0.15, 0.2) is 0 Å². The standard InChI is InChI=1S/C21H23N3O2.C11H13NO2/c1-2-4-20-19(3-1)21(23-22-20)10-7-17-5-8-18(9-6-17)26-16-13-24-11-14-25-15-12-24;1-14-10-6-4-9(5-7-10)12-11(13)8-2-3-8/h1-10H,11-16H2,(H,22,23);4-8H,2-3H2,1H3,(H,12,13)/b10-7+;. The molecule has 4 aromatic rings. The summed E-state index contributed by atoms with van der Waals surface area (Å²) in [4.78, 5) is 13.8. The Morgan fingerprint density at radius 3 is 2.45 bits per heavy atom. The molecule has 1 aliphatic heterocycles. The third-order valence-corrected chi connectivity index (χ3v) is 6.90. The Kier molecular flexibility index (Phi) is 9.45. The number of ether oxygens (including phenoxy) is 3. The van der Waals surface area contributed by atoms with Crippen molar-refractivity contribution >= 4 is 34.6 Å². The number of hydrogen-bond donors (Lipinski definition) is 2. The molecule has 1 aromatic heterocycles. The first-order chi connectivity index (χ1) is 19.7. The van der Waals surface area contributed by atoms with E-state index in [2.05, 4.69) is 44.7 Å². The van der Waals surface area contributed by atoms with Crippen molar-refractivity contribution < 1.29 is 19.0 Å².